The SMILES string of the molecule is COc1ccc2c(c1)C(=O)CC1(CCN(C(=O)CCc3nc4ccccc4[nH]c3=O)C1)O2. The second kappa shape index (κ2) is 7.78. The third kappa shape index (κ3) is 3.62. The molecular weight excluding hydrogens is 410 g/mol. The normalized spacial score (nSPS) is 19.8. The summed E-state index contributed by atoms with van der Waals surface area (Å²) in [6.45, 7) is 0.865. The third-order valence-electron chi connectivity index (χ3n) is 6.21. The Balaban J connectivity index is 1.26. The largest absolute Gasteiger partial charge is 0.497 e. The van der Waals surface area contributed by atoms with Crippen LogP contribution < -0.4 is 15.0 Å². The number of ketones is 1. The van der Waals surface area contributed by atoms with E-state index in [1.807, 2.05) is 18.2 Å². The molecule has 3 heterocycles. The van der Waals surface area contributed by atoms with Gasteiger partial charge in [0.2, 0.25) is 5.91 Å². The summed E-state index contributed by atoms with van der Waals surface area (Å²) < 4.78 is 11.4. The van der Waals surface area contributed by atoms with Crippen LogP contribution in [0.25, 0.3) is 11.0 Å². The zero-order valence-corrected chi connectivity index (χ0v) is 17.7. The van der Waals surface area contributed by atoms with Crippen molar-refractivity contribution in [2.75, 3.05) is 20.2 Å². The van der Waals surface area contributed by atoms with E-state index >= 15 is 0 Å². The van der Waals surface area contributed by atoms with E-state index in [9.17, 15) is 14.4 Å². The predicted molar refractivity (Wildman–Crippen MR) is 117 cm³/mol. The number of carbonyl (C=O) groups is 2. The topological polar surface area (TPSA) is 102 Å². The van der Waals surface area contributed by atoms with Crippen molar-refractivity contribution in [1.82, 2.24) is 14.9 Å². The van der Waals surface area contributed by atoms with Crippen LogP contribution in [0.15, 0.2) is 47.3 Å². The van der Waals surface area contributed by atoms with Gasteiger partial charge in [0.1, 0.15) is 22.8 Å². The number of nitrogens with zero attached hydrogens (tertiary/aromatic N) is 2. The highest BCUT2D eigenvalue weighted by Crippen LogP contribution is 2.40. The Labute approximate surface area is 184 Å². The number of aromatic nitrogens is 2. The Morgan fingerprint density at radius 2 is 2.09 bits per heavy atom. The fraction of sp³-hybridized carbons (Fsp3) is 0.333. The number of Topliss-reactive ketones (excluding diaryl/α,β-unsaturated/α-hetero) is 1. The van der Waals surface area contributed by atoms with Crippen LogP contribution in [0.1, 0.15) is 35.3 Å². The van der Waals surface area contributed by atoms with E-state index in [-0.39, 0.29) is 36.5 Å². The lowest BCUT2D eigenvalue weighted by molar-refractivity contribution is -0.131. The number of nitrogens with one attached hydrogen (secondary N) is 1. The number of methoxy groups -OCH3 is 1. The van der Waals surface area contributed by atoms with Crippen LogP contribution in [0.4, 0.5) is 0 Å². The number of hydrogen-bond donors (Lipinski definition) is 1. The van der Waals surface area contributed by atoms with Gasteiger partial charge >= 0.3 is 0 Å². The second-order valence-corrected chi connectivity index (χ2v) is 8.34. The molecule has 5 rings (SSSR count). The van der Waals surface area contributed by atoms with Gasteiger partial charge in [0.25, 0.3) is 5.56 Å². The van der Waals surface area contributed by atoms with Gasteiger partial charge in [-0.25, -0.2) is 4.98 Å². The van der Waals surface area contributed by atoms with Crippen LogP contribution in [0.3, 0.4) is 0 Å². The maximum Gasteiger partial charge on any atom is 0.270 e. The average Bonchev–Trinajstić information content (AvgIpc) is 3.20. The molecule has 1 aromatic heterocycles. The smallest absolute Gasteiger partial charge is 0.270 e. The standard InChI is InChI=1S/C24H23N3O5/c1-31-15-6-8-21-16(12-15)20(28)13-24(32-21)10-11-27(14-24)22(29)9-7-19-23(30)26-18-5-3-2-4-17(18)25-19/h2-6,8,12H,7,9-11,13-14H2,1H3,(H,26,30). The molecule has 1 amide bonds. The number of carbonyl (C=O) groups excluding carboxylic acids is 2. The molecule has 0 saturated carbocycles. The van der Waals surface area contributed by atoms with E-state index < -0.39 is 5.60 Å². The maximum absolute atomic E-state index is 12.9. The van der Waals surface area contributed by atoms with Crippen LogP contribution in [-0.2, 0) is 11.2 Å². The van der Waals surface area contributed by atoms with Gasteiger partial charge in [-0.2, -0.15) is 0 Å². The number of para-hydroxylation sites is 2. The molecule has 32 heavy (non-hydrogen) atoms. The van der Waals surface area contributed by atoms with Crippen LogP contribution in [0, 0.1) is 0 Å². The summed E-state index contributed by atoms with van der Waals surface area (Å²) in [4.78, 5) is 46.9. The third-order valence-corrected chi connectivity index (χ3v) is 6.21. The second-order valence-electron chi connectivity index (χ2n) is 8.34. The molecule has 0 radical (unpaired) electrons. The number of aryl methyl sites for hydroxylation is 1. The van der Waals surface area contributed by atoms with E-state index in [1.54, 1.807) is 36.3 Å². The summed E-state index contributed by atoms with van der Waals surface area (Å²) in [5, 5.41) is 0. The first-order chi connectivity index (χ1) is 15.5. The molecule has 2 aliphatic rings. The predicted octanol–water partition coefficient (Wildman–Crippen LogP) is 2.50. The summed E-state index contributed by atoms with van der Waals surface area (Å²) in [6, 6.07) is 12.5. The fourth-order valence-electron chi connectivity index (χ4n) is 4.51. The zero-order chi connectivity index (χ0) is 22.3. The fourth-order valence-corrected chi connectivity index (χ4v) is 4.51. The minimum atomic E-state index is -0.701. The Morgan fingerprint density at radius 1 is 1.25 bits per heavy atom. The number of ether oxygens (including phenoxy) is 2. The Hall–Kier alpha value is -3.68. The summed E-state index contributed by atoms with van der Waals surface area (Å²) >= 11 is 0. The number of benzene rings is 2. The van der Waals surface area contributed by atoms with E-state index in [1.165, 1.54) is 0 Å². The average molecular weight is 433 g/mol. The van der Waals surface area contributed by atoms with E-state index in [0.717, 1.165) is 0 Å². The van der Waals surface area contributed by atoms with Crippen molar-refractivity contribution in [2.45, 2.75) is 31.3 Å². The van der Waals surface area contributed by atoms with Gasteiger partial charge in [-0.05, 0) is 30.3 Å². The van der Waals surface area contributed by atoms with Crippen molar-refractivity contribution in [3.8, 4) is 11.5 Å². The molecule has 8 heteroatoms. The molecule has 1 unspecified atom stereocenters. The van der Waals surface area contributed by atoms with E-state index in [4.69, 9.17) is 9.47 Å². The van der Waals surface area contributed by atoms with Crippen molar-refractivity contribution in [3.63, 3.8) is 0 Å². The quantitative estimate of drug-likeness (QED) is 0.678. The first kappa shape index (κ1) is 20.2. The molecule has 1 saturated heterocycles. The molecule has 3 aromatic rings. The number of aromatic amines is 1. The molecule has 1 spiro atoms. The number of H-pyrrole nitrogens is 1. The Bertz CT molecular complexity index is 1280. The summed E-state index contributed by atoms with van der Waals surface area (Å²) in [6.07, 6.45) is 1.24. The van der Waals surface area contributed by atoms with Crippen molar-refractivity contribution in [3.05, 3.63) is 64.1 Å². The molecule has 164 valence electrons. The number of amides is 1. The van der Waals surface area contributed by atoms with Crippen molar-refractivity contribution in [1.29, 1.82) is 0 Å². The molecule has 0 aliphatic carbocycles. The summed E-state index contributed by atoms with van der Waals surface area (Å²) in [5.74, 6) is 1.06. The van der Waals surface area contributed by atoms with E-state index in [2.05, 4.69) is 9.97 Å². The first-order valence-electron chi connectivity index (χ1n) is 10.6. The highest BCUT2D eigenvalue weighted by molar-refractivity contribution is 6.01. The molecule has 8 nitrogen and oxygen atoms in total. The minimum absolute atomic E-state index is 0.00801. The molecular formula is C24H23N3O5. The lowest BCUT2D eigenvalue weighted by Crippen LogP contribution is -2.45. The molecule has 0 bridgehead atoms. The van der Waals surface area contributed by atoms with Gasteiger partial charge in [0.15, 0.2) is 5.78 Å². The van der Waals surface area contributed by atoms with Crippen LogP contribution >= 0.6 is 0 Å². The number of fused-ring (bicyclic) bond motifs is 2. The zero-order valence-electron chi connectivity index (χ0n) is 17.7. The van der Waals surface area contributed by atoms with Crippen LogP contribution in [0.2, 0.25) is 0 Å². The first-order valence-corrected chi connectivity index (χ1v) is 10.6. The van der Waals surface area contributed by atoms with Crippen molar-refractivity contribution in [2.24, 2.45) is 0 Å². The number of rotatable bonds is 4. The highest BCUT2D eigenvalue weighted by atomic mass is 16.5. The monoisotopic (exact) mass is 433 g/mol. The lowest BCUT2D eigenvalue weighted by Gasteiger charge is -2.34. The summed E-state index contributed by atoms with van der Waals surface area (Å²) in [5.41, 5.74) is 1.25. The van der Waals surface area contributed by atoms with E-state index in [0.29, 0.717) is 53.3 Å². The van der Waals surface area contributed by atoms with Crippen molar-refractivity contribution >= 4 is 22.7 Å². The number of likely N-dealkylation sites (tertiary alicyclic amines) is 1. The van der Waals surface area contributed by atoms with Gasteiger partial charge in [0, 0.05) is 25.8 Å². The van der Waals surface area contributed by atoms with Gasteiger partial charge in [-0.3, -0.25) is 14.4 Å². The van der Waals surface area contributed by atoms with Gasteiger partial charge in [-0.15, -0.1) is 0 Å². The van der Waals surface area contributed by atoms with Crippen LogP contribution in [0.5, 0.6) is 11.5 Å². The molecule has 1 atom stereocenters. The Kier molecular flexibility index (Phi) is 4.92. The highest BCUT2D eigenvalue weighted by Gasteiger charge is 2.46. The lowest BCUT2D eigenvalue weighted by atomic mass is 9.89. The number of hydrogen-bond acceptors (Lipinski definition) is 6. The molecule has 1 fully saturated rings. The van der Waals surface area contributed by atoms with Gasteiger partial charge < -0.3 is 19.4 Å². The molecule has 2 aromatic carbocycles. The summed E-state index contributed by atoms with van der Waals surface area (Å²) in [7, 11) is 1.55. The van der Waals surface area contributed by atoms with Crippen LogP contribution in [-0.4, -0.2) is 52.4 Å². The van der Waals surface area contributed by atoms with Gasteiger partial charge in [-0.1, -0.05) is 12.1 Å². The minimum Gasteiger partial charge on any atom is -0.497 e. The molecule has 2 aliphatic heterocycles. The molecule has 1 N–H and O–H groups in total. The van der Waals surface area contributed by atoms with Crippen molar-refractivity contribution < 1.29 is 19.1 Å². The maximum atomic E-state index is 12.9. The Morgan fingerprint density at radius 3 is 2.94 bits per heavy atom. The van der Waals surface area contributed by atoms with Gasteiger partial charge in [0.05, 0.1) is 36.7 Å².